The van der Waals surface area contributed by atoms with Gasteiger partial charge in [-0.15, -0.1) is 0 Å². The maximum Gasteiger partial charge on any atom is 0.317 e. The van der Waals surface area contributed by atoms with Gasteiger partial charge in [-0.3, -0.25) is 0 Å². The lowest BCUT2D eigenvalue weighted by atomic mass is 10.1. The van der Waals surface area contributed by atoms with E-state index in [2.05, 4.69) is 22.2 Å². The van der Waals surface area contributed by atoms with E-state index in [0.29, 0.717) is 43.6 Å². The van der Waals surface area contributed by atoms with E-state index in [1.807, 2.05) is 30.3 Å². The van der Waals surface area contributed by atoms with Crippen LogP contribution in [-0.2, 0) is 19.5 Å². The molecule has 182 valence electrons. The second-order valence-electron chi connectivity index (χ2n) is 8.92. The van der Waals surface area contributed by atoms with Gasteiger partial charge >= 0.3 is 6.03 Å². The van der Waals surface area contributed by atoms with Gasteiger partial charge in [-0.05, 0) is 36.9 Å². The molecule has 2 amide bonds. The highest BCUT2D eigenvalue weighted by molar-refractivity contribution is 5.74. The van der Waals surface area contributed by atoms with Gasteiger partial charge in [-0.2, -0.15) is 4.98 Å². The van der Waals surface area contributed by atoms with E-state index in [1.54, 1.807) is 17.0 Å². The summed E-state index contributed by atoms with van der Waals surface area (Å²) in [5.74, 6) is 1.20. The van der Waals surface area contributed by atoms with Crippen LogP contribution in [0.3, 0.4) is 0 Å². The van der Waals surface area contributed by atoms with Gasteiger partial charge in [0.05, 0.1) is 17.8 Å². The molecule has 0 aliphatic carbocycles. The molecule has 1 saturated heterocycles. The number of hydrogen-bond acceptors (Lipinski definition) is 6. The molecule has 0 spiro atoms. The SMILES string of the molecule is CN1CCN(c2nc3c(c(Oc4ccc(F)cc4)n2)CN(C(=O)NCc2ccccc2)CC3)CC1. The molecule has 0 radical (unpaired) electrons. The first-order valence-electron chi connectivity index (χ1n) is 11.9. The van der Waals surface area contributed by atoms with Gasteiger partial charge in [0.2, 0.25) is 11.8 Å². The van der Waals surface area contributed by atoms with E-state index in [-0.39, 0.29) is 11.8 Å². The fourth-order valence-corrected chi connectivity index (χ4v) is 4.28. The van der Waals surface area contributed by atoms with E-state index >= 15 is 0 Å². The number of carbonyl (C=O) groups is 1. The average molecular weight is 477 g/mol. The van der Waals surface area contributed by atoms with Crippen LogP contribution in [0.1, 0.15) is 16.8 Å². The average Bonchev–Trinajstić information content (AvgIpc) is 2.89. The monoisotopic (exact) mass is 476 g/mol. The standard InChI is InChI=1S/C26H29FN6O2/c1-31-13-15-32(16-14-31)25-29-23-11-12-33(26(34)28-17-19-5-3-2-4-6-19)18-22(23)24(30-25)35-21-9-7-20(27)8-10-21/h2-10H,11-18H2,1H3,(H,28,34). The molecule has 0 atom stereocenters. The summed E-state index contributed by atoms with van der Waals surface area (Å²) in [5.41, 5.74) is 2.71. The molecular formula is C26H29FN6O2. The number of likely N-dealkylation sites (N-methyl/N-ethyl adjacent to an activating group) is 1. The normalized spacial score (nSPS) is 16.1. The Morgan fingerprint density at radius 1 is 1.00 bits per heavy atom. The van der Waals surface area contributed by atoms with E-state index in [9.17, 15) is 9.18 Å². The fourth-order valence-electron chi connectivity index (χ4n) is 4.28. The number of aromatic nitrogens is 2. The number of urea groups is 1. The number of fused-ring (bicyclic) bond motifs is 1. The lowest BCUT2D eigenvalue weighted by molar-refractivity contribution is 0.190. The molecule has 5 rings (SSSR count). The molecule has 8 nitrogen and oxygen atoms in total. The van der Waals surface area contributed by atoms with Crippen LogP contribution in [0.5, 0.6) is 11.6 Å². The van der Waals surface area contributed by atoms with Crippen molar-refractivity contribution in [3.05, 3.63) is 77.2 Å². The third-order valence-electron chi connectivity index (χ3n) is 6.40. The first-order valence-corrected chi connectivity index (χ1v) is 11.9. The lowest BCUT2D eigenvalue weighted by Gasteiger charge is -2.34. The molecular weight excluding hydrogens is 447 g/mol. The van der Waals surface area contributed by atoms with Crippen molar-refractivity contribution in [2.45, 2.75) is 19.5 Å². The van der Waals surface area contributed by atoms with Gasteiger partial charge < -0.3 is 24.8 Å². The number of amides is 2. The lowest BCUT2D eigenvalue weighted by Crippen LogP contribution is -2.46. The van der Waals surface area contributed by atoms with E-state index in [1.165, 1.54) is 12.1 Å². The molecule has 1 N–H and O–H groups in total. The van der Waals surface area contributed by atoms with Crippen LogP contribution in [0.15, 0.2) is 54.6 Å². The number of carbonyl (C=O) groups excluding carboxylic acids is 1. The largest absolute Gasteiger partial charge is 0.438 e. The van der Waals surface area contributed by atoms with Crippen molar-refractivity contribution in [3.8, 4) is 11.6 Å². The Balaban J connectivity index is 1.38. The minimum Gasteiger partial charge on any atom is -0.438 e. The number of halogens is 1. The molecule has 0 unspecified atom stereocenters. The van der Waals surface area contributed by atoms with Crippen LogP contribution in [0.25, 0.3) is 0 Å². The third-order valence-corrected chi connectivity index (χ3v) is 6.40. The number of benzene rings is 2. The number of rotatable bonds is 5. The molecule has 1 fully saturated rings. The minimum atomic E-state index is -0.332. The smallest absolute Gasteiger partial charge is 0.317 e. The molecule has 2 aliphatic heterocycles. The van der Waals surface area contributed by atoms with Crippen molar-refractivity contribution < 1.29 is 13.9 Å². The van der Waals surface area contributed by atoms with E-state index < -0.39 is 0 Å². The fraction of sp³-hybridized carbons (Fsp3) is 0.346. The van der Waals surface area contributed by atoms with Crippen molar-refractivity contribution in [1.29, 1.82) is 0 Å². The summed E-state index contributed by atoms with van der Waals surface area (Å²) in [4.78, 5) is 28.7. The number of hydrogen-bond donors (Lipinski definition) is 1. The van der Waals surface area contributed by atoms with Crippen LogP contribution < -0.4 is 15.0 Å². The van der Waals surface area contributed by atoms with E-state index in [0.717, 1.165) is 43.0 Å². The summed E-state index contributed by atoms with van der Waals surface area (Å²) in [7, 11) is 2.10. The Hall–Kier alpha value is -3.72. The topological polar surface area (TPSA) is 73.8 Å². The maximum absolute atomic E-state index is 13.4. The summed E-state index contributed by atoms with van der Waals surface area (Å²) in [5, 5.41) is 2.99. The summed E-state index contributed by atoms with van der Waals surface area (Å²) in [6.45, 7) is 4.89. The second kappa shape index (κ2) is 10.3. The van der Waals surface area contributed by atoms with Crippen molar-refractivity contribution in [3.63, 3.8) is 0 Å². The Morgan fingerprint density at radius 3 is 2.49 bits per heavy atom. The first kappa shape index (κ1) is 23.0. The third kappa shape index (κ3) is 5.51. The molecule has 2 aromatic carbocycles. The summed E-state index contributed by atoms with van der Waals surface area (Å²) < 4.78 is 19.6. The van der Waals surface area contributed by atoms with Crippen molar-refractivity contribution in [2.75, 3.05) is 44.7 Å². The van der Waals surface area contributed by atoms with Gasteiger partial charge in [0.25, 0.3) is 0 Å². The quantitative estimate of drug-likeness (QED) is 0.608. The van der Waals surface area contributed by atoms with Gasteiger partial charge in [0.1, 0.15) is 11.6 Å². The number of nitrogens with one attached hydrogen (secondary N) is 1. The molecule has 3 heterocycles. The van der Waals surface area contributed by atoms with Crippen molar-refractivity contribution in [1.82, 2.24) is 25.1 Å². The van der Waals surface area contributed by atoms with Gasteiger partial charge in [-0.1, -0.05) is 30.3 Å². The first-order chi connectivity index (χ1) is 17.0. The Bertz CT molecular complexity index is 1170. The zero-order valence-electron chi connectivity index (χ0n) is 19.8. The highest BCUT2D eigenvalue weighted by Crippen LogP contribution is 2.31. The molecule has 35 heavy (non-hydrogen) atoms. The molecule has 0 saturated carbocycles. The summed E-state index contributed by atoms with van der Waals surface area (Å²) >= 11 is 0. The summed E-state index contributed by atoms with van der Waals surface area (Å²) in [6.07, 6.45) is 0.608. The second-order valence-corrected chi connectivity index (χ2v) is 8.92. The van der Waals surface area contributed by atoms with Gasteiger partial charge in [0, 0.05) is 45.7 Å². The Kier molecular flexibility index (Phi) is 6.76. The van der Waals surface area contributed by atoms with Crippen LogP contribution in [0.4, 0.5) is 15.1 Å². The molecule has 1 aromatic heterocycles. The Labute approximate surface area is 204 Å². The van der Waals surface area contributed by atoms with E-state index in [4.69, 9.17) is 14.7 Å². The highest BCUT2D eigenvalue weighted by Gasteiger charge is 2.28. The predicted octanol–water partition coefficient (Wildman–Crippen LogP) is 3.43. The summed E-state index contributed by atoms with van der Waals surface area (Å²) in [6, 6.07) is 15.5. The number of nitrogens with zero attached hydrogens (tertiary/aromatic N) is 5. The zero-order valence-corrected chi connectivity index (χ0v) is 19.8. The number of ether oxygens (including phenoxy) is 1. The maximum atomic E-state index is 13.4. The molecule has 2 aliphatic rings. The number of piperazine rings is 1. The van der Waals surface area contributed by atoms with Crippen LogP contribution in [0, 0.1) is 5.82 Å². The molecule has 0 bridgehead atoms. The van der Waals surface area contributed by atoms with Crippen molar-refractivity contribution >= 4 is 12.0 Å². The molecule has 3 aromatic rings. The van der Waals surface area contributed by atoms with Crippen LogP contribution >= 0.6 is 0 Å². The van der Waals surface area contributed by atoms with Crippen LogP contribution in [0.2, 0.25) is 0 Å². The van der Waals surface area contributed by atoms with Crippen LogP contribution in [-0.4, -0.2) is 65.6 Å². The highest BCUT2D eigenvalue weighted by atomic mass is 19.1. The van der Waals surface area contributed by atoms with Gasteiger partial charge in [0.15, 0.2) is 0 Å². The minimum absolute atomic E-state index is 0.143. The molecule has 9 heteroatoms. The Morgan fingerprint density at radius 2 is 1.74 bits per heavy atom. The van der Waals surface area contributed by atoms with Gasteiger partial charge in [-0.25, -0.2) is 14.2 Å². The number of anilines is 1. The predicted molar refractivity (Wildman–Crippen MR) is 131 cm³/mol. The zero-order chi connectivity index (χ0) is 24.2. The van der Waals surface area contributed by atoms with Crippen molar-refractivity contribution in [2.24, 2.45) is 0 Å².